The first-order valence-electron chi connectivity index (χ1n) is 6.09. The minimum Gasteiger partial charge on any atom is -0.379 e. The molecule has 2 aliphatic rings. The third-order valence-corrected chi connectivity index (χ3v) is 3.27. The van der Waals surface area contributed by atoms with Crippen molar-refractivity contribution >= 4 is 5.91 Å². The molecule has 0 radical (unpaired) electrons. The van der Waals surface area contributed by atoms with E-state index in [1.807, 2.05) is 4.90 Å². The van der Waals surface area contributed by atoms with Crippen molar-refractivity contribution in [3.63, 3.8) is 0 Å². The fourth-order valence-corrected chi connectivity index (χ4v) is 2.29. The van der Waals surface area contributed by atoms with Crippen LogP contribution in [0, 0.1) is 0 Å². The Hall–Kier alpha value is -0.650. The van der Waals surface area contributed by atoms with Crippen LogP contribution < -0.4 is 5.73 Å². The molecule has 5 heteroatoms. The van der Waals surface area contributed by atoms with Crippen LogP contribution in [0.1, 0.15) is 12.8 Å². The number of carbonyl (C=O) groups excluding carboxylic acids is 1. The molecule has 2 rings (SSSR count). The maximum atomic E-state index is 12.0. The number of ether oxygens (including phenoxy) is 1. The first kappa shape index (κ1) is 11.8. The second-order valence-electron chi connectivity index (χ2n) is 4.63. The van der Waals surface area contributed by atoms with Crippen molar-refractivity contribution in [3.05, 3.63) is 0 Å². The van der Waals surface area contributed by atoms with E-state index in [-0.39, 0.29) is 11.9 Å². The number of hydrogen-bond donors (Lipinski definition) is 1. The van der Waals surface area contributed by atoms with Crippen molar-refractivity contribution in [3.8, 4) is 0 Å². The largest absolute Gasteiger partial charge is 0.379 e. The van der Waals surface area contributed by atoms with Crippen LogP contribution in [0.15, 0.2) is 0 Å². The number of piperidine rings is 1. The molecular formula is C11H21N3O2. The fraction of sp³-hybridized carbons (Fsp3) is 0.909. The molecule has 0 saturated carbocycles. The van der Waals surface area contributed by atoms with E-state index < -0.39 is 0 Å². The van der Waals surface area contributed by atoms with Gasteiger partial charge in [0.25, 0.3) is 0 Å². The van der Waals surface area contributed by atoms with Gasteiger partial charge in [-0.2, -0.15) is 0 Å². The summed E-state index contributed by atoms with van der Waals surface area (Å²) in [5, 5.41) is 0. The maximum Gasteiger partial charge on any atom is 0.236 e. The molecule has 2 saturated heterocycles. The number of likely N-dealkylation sites (tertiary alicyclic amines) is 1. The van der Waals surface area contributed by atoms with Crippen LogP contribution in [0.2, 0.25) is 0 Å². The molecular weight excluding hydrogens is 206 g/mol. The molecule has 1 atom stereocenters. The molecule has 0 aromatic carbocycles. The molecule has 1 unspecified atom stereocenters. The van der Waals surface area contributed by atoms with Crippen LogP contribution in [0.25, 0.3) is 0 Å². The summed E-state index contributed by atoms with van der Waals surface area (Å²) in [6, 6.07) is 0.169. The summed E-state index contributed by atoms with van der Waals surface area (Å²) in [4.78, 5) is 16.1. The van der Waals surface area contributed by atoms with E-state index in [0.29, 0.717) is 6.54 Å². The zero-order valence-electron chi connectivity index (χ0n) is 9.73. The summed E-state index contributed by atoms with van der Waals surface area (Å²) in [7, 11) is 0. The van der Waals surface area contributed by atoms with Gasteiger partial charge in [-0.25, -0.2) is 0 Å². The molecule has 2 heterocycles. The number of nitrogens with two attached hydrogens (primary N) is 1. The Balaban J connectivity index is 1.77. The molecule has 0 aliphatic carbocycles. The lowest BCUT2D eigenvalue weighted by Gasteiger charge is -2.33. The molecule has 5 nitrogen and oxygen atoms in total. The highest BCUT2D eigenvalue weighted by atomic mass is 16.5. The zero-order chi connectivity index (χ0) is 11.4. The molecule has 0 aromatic heterocycles. The molecule has 1 amide bonds. The Labute approximate surface area is 96.5 Å². The standard InChI is InChI=1S/C11H21N3O2/c12-10-2-1-3-14(8-10)11(15)9-13-4-6-16-7-5-13/h10H,1-9,12H2. The summed E-state index contributed by atoms with van der Waals surface area (Å²) in [5.41, 5.74) is 5.87. The second kappa shape index (κ2) is 5.61. The van der Waals surface area contributed by atoms with Crippen LogP contribution in [-0.2, 0) is 9.53 Å². The number of nitrogens with zero attached hydrogens (tertiary/aromatic N) is 2. The molecule has 2 fully saturated rings. The smallest absolute Gasteiger partial charge is 0.236 e. The quantitative estimate of drug-likeness (QED) is 0.675. The normalized spacial score (nSPS) is 28.1. The Morgan fingerprint density at radius 1 is 1.31 bits per heavy atom. The predicted molar refractivity (Wildman–Crippen MR) is 61.0 cm³/mol. The molecule has 0 bridgehead atoms. The molecule has 2 N–H and O–H groups in total. The van der Waals surface area contributed by atoms with Gasteiger partial charge in [0.2, 0.25) is 5.91 Å². The maximum absolute atomic E-state index is 12.0. The van der Waals surface area contributed by atoms with Crippen LogP contribution in [-0.4, -0.2) is 67.7 Å². The van der Waals surface area contributed by atoms with Gasteiger partial charge in [0.15, 0.2) is 0 Å². The summed E-state index contributed by atoms with van der Waals surface area (Å²) >= 11 is 0. The summed E-state index contributed by atoms with van der Waals surface area (Å²) < 4.78 is 5.26. The first-order valence-corrected chi connectivity index (χ1v) is 6.09. The van der Waals surface area contributed by atoms with Crippen LogP contribution in [0.5, 0.6) is 0 Å². The highest BCUT2D eigenvalue weighted by Gasteiger charge is 2.23. The van der Waals surface area contributed by atoms with Crippen molar-refractivity contribution < 1.29 is 9.53 Å². The Bertz CT molecular complexity index is 241. The monoisotopic (exact) mass is 227 g/mol. The minimum atomic E-state index is 0.169. The van der Waals surface area contributed by atoms with Crippen LogP contribution >= 0.6 is 0 Å². The Morgan fingerprint density at radius 2 is 2.06 bits per heavy atom. The summed E-state index contributed by atoms with van der Waals surface area (Å²) in [5.74, 6) is 0.219. The van der Waals surface area contributed by atoms with Gasteiger partial charge < -0.3 is 15.4 Å². The highest BCUT2D eigenvalue weighted by Crippen LogP contribution is 2.09. The Morgan fingerprint density at radius 3 is 2.75 bits per heavy atom. The van der Waals surface area contributed by atoms with E-state index in [9.17, 15) is 4.79 Å². The van der Waals surface area contributed by atoms with Gasteiger partial charge in [0, 0.05) is 32.2 Å². The third-order valence-electron chi connectivity index (χ3n) is 3.27. The highest BCUT2D eigenvalue weighted by molar-refractivity contribution is 5.78. The predicted octanol–water partition coefficient (Wildman–Crippen LogP) is -0.732. The fourth-order valence-electron chi connectivity index (χ4n) is 2.29. The van der Waals surface area contributed by atoms with Crippen molar-refractivity contribution in [2.75, 3.05) is 45.9 Å². The van der Waals surface area contributed by atoms with E-state index in [1.165, 1.54) is 0 Å². The van der Waals surface area contributed by atoms with Gasteiger partial charge in [-0.15, -0.1) is 0 Å². The van der Waals surface area contributed by atoms with Gasteiger partial charge in [-0.1, -0.05) is 0 Å². The van der Waals surface area contributed by atoms with E-state index in [2.05, 4.69) is 4.90 Å². The Kier molecular flexibility index (Phi) is 4.15. The summed E-state index contributed by atoms with van der Waals surface area (Å²) in [6.45, 7) is 5.34. The van der Waals surface area contributed by atoms with Crippen LogP contribution in [0.4, 0.5) is 0 Å². The van der Waals surface area contributed by atoms with Crippen molar-refractivity contribution in [2.45, 2.75) is 18.9 Å². The van der Waals surface area contributed by atoms with Gasteiger partial charge >= 0.3 is 0 Å². The average Bonchev–Trinajstić information content (AvgIpc) is 2.30. The number of amides is 1. The van der Waals surface area contributed by atoms with E-state index >= 15 is 0 Å². The first-order chi connectivity index (χ1) is 7.75. The van der Waals surface area contributed by atoms with Gasteiger partial charge in [-0.05, 0) is 12.8 Å². The van der Waals surface area contributed by atoms with E-state index in [4.69, 9.17) is 10.5 Å². The number of hydrogen-bond acceptors (Lipinski definition) is 4. The SMILES string of the molecule is NC1CCCN(C(=O)CN2CCOCC2)C1. The average molecular weight is 227 g/mol. The molecule has 2 aliphatic heterocycles. The van der Waals surface area contributed by atoms with Gasteiger partial charge in [0.05, 0.1) is 19.8 Å². The van der Waals surface area contributed by atoms with Crippen molar-refractivity contribution in [1.29, 1.82) is 0 Å². The minimum absolute atomic E-state index is 0.169. The lowest BCUT2D eigenvalue weighted by molar-refractivity contribution is -0.134. The molecule has 0 spiro atoms. The van der Waals surface area contributed by atoms with Crippen LogP contribution in [0.3, 0.4) is 0 Å². The van der Waals surface area contributed by atoms with Crippen molar-refractivity contribution in [1.82, 2.24) is 9.80 Å². The number of carbonyl (C=O) groups is 1. The van der Waals surface area contributed by atoms with E-state index in [0.717, 1.165) is 52.2 Å². The number of rotatable bonds is 2. The van der Waals surface area contributed by atoms with Gasteiger partial charge in [0.1, 0.15) is 0 Å². The lowest BCUT2D eigenvalue weighted by Crippen LogP contribution is -2.50. The lowest BCUT2D eigenvalue weighted by atomic mass is 10.1. The topological polar surface area (TPSA) is 58.8 Å². The summed E-state index contributed by atoms with van der Waals surface area (Å²) in [6.07, 6.45) is 2.08. The zero-order valence-corrected chi connectivity index (χ0v) is 9.73. The molecule has 92 valence electrons. The van der Waals surface area contributed by atoms with Gasteiger partial charge in [-0.3, -0.25) is 9.69 Å². The third kappa shape index (κ3) is 3.17. The molecule has 16 heavy (non-hydrogen) atoms. The second-order valence-corrected chi connectivity index (χ2v) is 4.63. The van der Waals surface area contributed by atoms with Crippen molar-refractivity contribution in [2.24, 2.45) is 5.73 Å². The number of morpholine rings is 1. The van der Waals surface area contributed by atoms with E-state index in [1.54, 1.807) is 0 Å². The molecule has 0 aromatic rings.